The van der Waals surface area contributed by atoms with Crippen LogP contribution in [0.25, 0.3) is 10.2 Å². The van der Waals surface area contributed by atoms with E-state index in [1.54, 1.807) is 18.4 Å². The molecule has 1 N–H and O–H groups in total. The van der Waals surface area contributed by atoms with E-state index >= 15 is 0 Å². The molecule has 1 aromatic carbocycles. The smallest absolute Gasteiger partial charge is 0.183 e. The van der Waals surface area contributed by atoms with Crippen molar-refractivity contribution in [1.29, 1.82) is 0 Å². The average molecular weight is 301 g/mol. The van der Waals surface area contributed by atoms with Gasteiger partial charge in [0.05, 0.1) is 16.3 Å². The summed E-state index contributed by atoms with van der Waals surface area (Å²) in [7, 11) is 1.71. The molecule has 0 aliphatic carbocycles. The Balaban J connectivity index is 2.13. The van der Waals surface area contributed by atoms with Crippen LogP contribution in [0.1, 0.15) is 6.92 Å². The minimum Gasteiger partial charge on any atom is -0.380 e. The molecule has 2 rings (SSSR count). The summed E-state index contributed by atoms with van der Waals surface area (Å²) in [4.78, 5) is 4.49. The van der Waals surface area contributed by atoms with Crippen LogP contribution in [0.4, 0.5) is 5.13 Å². The molecular formula is C11H13BrN2OS. The Morgan fingerprint density at radius 3 is 3.12 bits per heavy atom. The lowest BCUT2D eigenvalue weighted by Crippen LogP contribution is -2.17. The summed E-state index contributed by atoms with van der Waals surface area (Å²) >= 11 is 5.11. The van der Waals surface area contributed by atoms with Crippen LogP contribution in [-0.4, -0.2) is 24.7 Å². The molecule has 86 valence electrons. The van der Waals surface area contributed by atoms with E-state index in [0.29, 0.717) is 0 Å². The Kier molecular flexibility index (Phi) is 3.78. The van der Waals surface area contributed by atoms with E-state index in [1.165, 1.54) is 4.70 Å². The van der Waals surface area contributed by atoms with Gasteiger partial charge in [-0.1, -0.05) is 27.3 Å². The van der Waals surface area contributed by atoms with E-state index in [0.717, 1.165) is 21.7 Å². The van der Waals surface area contributed by atoms with Crippen molar-refractivity contribution in [1.82, 2.24) is 4.98 Å². The van der Waals surface area contributed by atoms with Gasteiger partial charge in [0.15, 0.2) is 5.13 Å². The highest BCUT2D eigenvalue weighted by atomic mass is 79.9. The van der Waals surface area contributed by atoms with Gasteiger partial charge < -0.3 is 10.1 Å². The van der Waals surface area contributed by atoms with Crippen molar-refractivity contribution in [3.63, 3.8) is 0 Å². The number of nitrogens with one attached hydrogen (secondary N) is 1. The second kappa shape index (κ2) is 5.12. The maximum Gasteiger partial charge on any atom is 0.183 e. The highest BCUT2D eigenvalue weighted by Crippen LogP contribution is 2.28. The molecule has 16 heavy (non-hydrogen) atoms. The third-order valence-corrected chi connectivity index (χ3v) is 3.76. The highest BCUT2D eigenvalue weighted by Gasteiger charge is 2.05. The summed E-state index contributed by atoms with van der Waals surface area (Å²) in [5.41, 5.74) is 1.03. The van der Waals surface area contributed by atoms with E-state index in [-0.39, 0.29) is 6.10 Å². The summed E-state index contributed by atoms with van der Waals surface area (Å²) in [5, 5.41) is 4.21. The predicted molar refractivity (Wildman–Crippen MR) is 72.3 cm³/mol. The van der Waals surface area contributed by atoms with Crippen molar-refractivity contribution in [3.8, 4) is 0 Å². The van der Waals surface area contributed by atoms with Gasteiger partial charge in [-0.25, -0.2) is 4.98 Å². The Bertz CT molecular complexity index is 486. The van der Waals surface area contributed by atoms with Gasteiger partial charge in [-0.2, -0.15) is 0 Å². The van der Waals surface area contributed by atoms with Gasteiger partial charge in [0, 0.05) is 18.1 Å². The molecule has 1 atom stereocenters. The number of hydrogen-bond acceptors (Lipinski definition) is 4. The Hall–Kier alpha value is -0.650. The molecule has 5 heteroatoms. The first-order valence-corrected chi connectivity index (χ1v) is 6.63. The Morgan fingerprint density at radius 1 is 1.56 bits per heavy atom. The number of methoxy groups -OCH3 is 1. The predicted octanol–water partition coefficient (Wildman–Crippen LogP) is 3.51. The van der Waals surface area contributed by atoms with Crippen LogP contribution in [0.15, 0.2) is 22.7 Å². The summed E-state index contributed by atoms with van der Waals surface area (Å²) in [6, 6.07) is 6.10. The van der Waals surface area contributed by atoms with Crippen molar-refractivity contribution in [2.75, 3.05) is 19.0 Å². The first-order chi connectivity index (χ1) is 7.69. The van der Waals surface area contributed by atoms with Gasteiger partial charge in [-0.15, -0.1) is 0 Å². The van der Waals surface area contributed by atoms with E-state index in [2.05, 4.69) is 32.3 Å². The zero-order valence-electron chi connectivity index (χ0n) is 9.16. The number of hydrogen-bond donors (Lipinski definition) is 1. The first-order valence-electron chi connectivity index (χ1n) is 5.02. The Morgan fingerprint density at radius 2 is 2.38 bits per heavy atom. The maximum atomic E-state index is 5.17. The zero-order chi connectivity index (χ0) is 11.5. The maximum absolute atomic E-state index is 5.17. The van der Waals surface area contributed by atoms with Crippen molar-refractivity contribution in [2.45, 2.75) is 13.0 Å². The molecule has 0 amide bonds. The zero-order valence-corrected chi connectivity index (χ0v) is 11.6. The van der Waals surface area contributed by atoms with E-state index in [9.17, 15) is 0 Å². The quantitative estimate of drug-likeness (QED) is 0.938. The summed E-state index contributed by atoms with van der Waals surface area (Å²) in [6.45, 7) is 2.80. The highest BCUT2D eigenvalue weighted by molar-refractivity contribution is 9.10. The second-order valence-electron chi connectivity index (χ2n) is 3.56. The third-order valence-electron chi connectivity index (χ3n) is 2.29. The minimum atomic E-state index is 0.193. The molecule has 1 heterocycles. The molecule has 2 aromatic rings. The fourth-order valence-corrected chi connectivity index (χ4v) is 2.71. The number of aromatic nitrogens is 1. The van der Waals surface area contributed by atoms with E-state index in [4.69, 9.17) is 4.74 Å². The molecule has 0 fully saturated rings. The van der Waals surface area contributed by atoms with Crippen molar-refractivity contribution in [3.05, 3.63) is 22.7 Å². The molecular weight excluding hydrogens is 288 g/mol. The fourth-order valence-electron chi connectivity index (χ4n) is 1.29. The average Bonchev–Trinajstić information content (AvgIpc) is 2.67. The number of fused-ring (bicyclic) bond motifs is 1. The molecule has 0 radical (unpaired) electrons. The molecule has 1 unspecified atom stereocenters. The summed E-state index contributed by atoms with van der Waals surface area (Å²) in [6.07, 6.45) is 0.193. The van der Waals surface area contributed by atoms with Crippen LogP contribution < -0.4 is 5.32 Å². The van der Waals surface area contributed by atoms with Gasteiger partial charge in [0.25, 0.3) is 0 Å². The van der Waals surface area contributed by atoms with Crippen LogP contribution in [0.2, 0.25) is 0 Å². The summed E-state index contributed by atoms with van der Waals surface area (Å²) in [5.74, 6) is 0. The number of benzene rings is 1. The van der Waals surface area contributed by atoms with Crippen molar-refractivity contribution >= 4 is 42.6 Å². The SMILES string of the molecule is COC(C)CNc1nc2ccc(Br)cc2s1. The normalized spacial score (nSPS) is 12.9. The van der Waals surface area contributed by atoms with Crippen LogP contribution in [0.3, 0.4) is 0 Å². The van der Waals surface area contributed by atoms with Gasteiger partial charge >= 0.3 is 0 Å². The van der Waals surface area contributed by atoms with Crippen LogP contribution in [-0.2, 0) is 4.74 Å². The molecule has 0 aliphatic heterocycles. The fraction of sp³-hybridized carbons (Fsp3) is 0.364. The van der Waals surface area contributed by atoms with E-state index < -0.39 is 0 Å². The molecule has 1 aromatic heterocycles. The largest absolute Gasteiger partial charge is 0.380 e. The lowest BCUT2D eigenvalue weighted by molar-refractivity contribution is 0.129. The van der Waals surface area contributed by atoms with Crippen LogP contribution >= 0.6 is 27.3 Å². The first kappa shape index (κ1) is 11.8. The second-order valence-corrected chi connectivity index (χ2v) is 5.50. The molecule has 0 saturated heterocycles. The number of anilines is 1. The minimum absolute atomic E-state index is 0.193. The van der Waals surface area contributed by atoms with Crippen LogP contribution in [0, 0.1) is 0 Å². The lowest BCUT2D eigenvalue weighted by Gasteiger charge is -2.08. The van der Waals surface area contributed by atoms with Crippen molar-refractivity contribution < 1.29 is 4.74 Å². The van der Waals surface area contributed by atoms with Gasteiger partial charge in [0.2, 0.25) is 0 Å². The number of nitrogens with zero attached hydrogens (tertiary/aromatic N) is 1. The topological polar surface area (TPSA) is 34.1 Å². The lowest BCUT2D eigenvalue weighted by atomic mass is 10.3. The molecule has 0 bridgehead atoms. The number of ether oxygens (including phenoxy) is 1. The number of rotatable bonds is 4. The molecule has 3 nitrogen and oxygen atoms in total. The molecule has 0 saturated carbocycles. The van der Waals surface area contributed by atoms with Crippen molar-refractivity contribution in [2.24, 2.45) is 0 Å². The number of thiazole rings is 1. The van der Waals surface area contributed by atoms with Gasteiger partial charge in [-0.05, 0) is 25.1 Å². The molecule has 0 aliphatic rings. The monoisotopic (exact) mass is 300 g/mol. The van der Waals surface area contributed by atoms with Gasteiger partial charge in [0.1, 0.15) is 0 Å². The van der Waals surface area contributed by atoms with Crippen LogP contribution in [0.5, 0.6) is 0 Å². The van der Waals surface area contributed by atoms with Gasteiger partial charge in [-0.3, -0.25) is 0 Å². The third kappa shape index (κ3) is 2.72. The molecule has 0 spiro atoms. The van der Waals surface area contributed by atoms with E-state index in [1.807, 2.05) is 19.1 Å². The summed E-state index contributed by atoms with van der Waals surface area (Å²) < 4.78 is 7.44. The Labute approximate surface area is 107 Å². The number of halogens is 1. The standard InChI is InChI=1S/C11H13BrN2OS/c1-7(15-2)6-13-11-14-9-4-3-8(12)5-10(9)16-11/h3-5,7H,6H2,1-2H3,(H,13,14).